The Morgan fingerprint density at radius 2 is 1.82 bits per heavy atom. The maximum atomic E-state index is 12.2. The van der Waals surface area contributed by atoms with E-state index in [2.05, 4.69) is 14.9 Å². The number of aryl methyl sites for hydroxylation is 1. The Labute approximate surface area is 131 Å². The molecule has 6 heteroatoms. The standard InChI is InChI=1S/C16H24N4O2/c1-11-5-14(18-10-17-11)19-6-12-8-20(9-13(12)7-19)15(21)22-16(2,3)4/h5,10,12-13H,6-9H2,1-4H3/t12-,13-/m1/s1. The number of anilines is 1. The van der Waals surface area contributed by atoms with Crippen LogP contribution in [-0.4, -0.2) is 52.7 Å². The minimum Gasteiger partial charge on any atom is -0.444 e. The van der Waals surface area contributed by atoms with Crippen LogP contribution in [0.25, 0.3) is 0 Å². The van der Waals surface area contributed by atoms with Gasteiger partial charge in [-0.15, -0.1) is 0 Å². The zero-order valence-corrected chi connectivity index (χ0v) is 13.7. The molecule has 0 aromatic carbocycles. The van der Waals surface area contributed by atoms with Gasteiger partial charge in [0, 0.05) is 49.8 Å². The third-order valence-corrected chi connectivity index (χ3v) is 4.25. The second kappa shape index (κ2) is 5.41. The molecule has 0 N–H and O–H groups in total. The Morgan fingerprint density at radius 3 is 2.36 bits per heavy atom. The van der Waals surface area contributed by atoms with Gasteiger partial charge < -0.3 is 14.5 Å². The van der Waals surface area contributed by atoms with Crippen LogP contribution in [-0.2, 0) is 4.74 Å². The van der Waals surface area contributed by atoms with Crippen molar-refractivity contribution in [2.75, 3.05) is 31.1 Å². The van der Waals surface area contributed by atoms with Gasteiger partial charge >= 0.3 is 6.09 Å². The van der Waals surface area contributed by atoms with E-state index >= 15 is 0 Å². The highest BCUT2D eigenvalue weighted by Crippen LogP contribution is 2.33. The molecule has 6 nitrogen and oxygen atoms in total. The van der Waals surface area contributed by atoms with Crippen LogP contribution >= 0.6 is 0 Å². The highest BCUT2D eigenvalue weighted by molar-refractivity contribution is 5.68. The zero-order chi connectivity index (χ0) is 15.9. The summed E-state index contributed by atoms with van der Waals surface area (Å²) in [4.78, 5) is 24.8. The molecular formula is C16H24N4O2. The summed E-state index contributed by atoms with van der Waals surface area (Å²) < 4.78 is 5.47. The topological polar surface area (TPSA) is 58.6 Å². The number of rotatable bonds is 1. The van der Waals surface area contributed by atoms with Gasteiger partial charge in [0.15, 0.2) is 0 Å². The number of likely N-dealkylation sites (tertiary alicyclic amines) is 1. The lowest BCUT2D eigenvalue weighted by atomic mass is 10.0. The lowest BCUT2D eigenvalue weighted by Crippen LogP contribution is -2.37. The van der Waals surface area contributed by atoms with Crippen molar-refractivity contribution < 1.29 is 9.53 Å². The Balaban J connectivity index is 1.60. The fourth-order valence-corrected chi connectivity index (χ4v) is 3.27. The van der Waals surface area contributed by atoms with Gasteiger partial charge in [0.25, 0.3) is 0 Å². The maximum absolute atomic E-state index is 12.2. The van der Waals surface area contributed by atoms with Gasteiger partial charge in [0.2, 0.25) is 0 Å². The molecule has 1 amide bonds. The van der Waals surface area contributed by atoms with Crippen molar-refractivity contribution in [2.24, 2.45) is 11.8 Å². The van der Waals surface area contributed by atoms with Gasteiger partial charge in [0.05, 0.1) is 0 Å². The van der Waals surface area contributed by atoms with E-state index in [1.807, 2.05) is 38.7 Å². The van der Waals surface area contributed by atoms with Crippen LogP contribution in [0.15, 0.2) is 12.4 Å². The smallest absolute Gasteiger partial charge is 0.410 e. The van der Waals surface area contributed by atoms with Crippen molar-refractivity contribution in [3.63, 3.8) is 0 Å². The van der Waals surface area contributed by atoms with E-state index in [0.717, 1.165) is 37.7 Å². The molecule has 2 aliphatic rings. The minimum atomic E-state index is -0.431. The first kappa shape index (κ1) is 15.1. The first-order valence-electron chi connectivity index (χ1n) is 7.83. The Kier molecular flexibility index (Phi) is 3.70. The molecule has 0 spiro atoms. The average Bonchev–Trinajstić information content (AvgIpc) is 2.94. The second-order valence-electron chi connectivity index (χ2n) is 7.33. The quantitative estimate of drug-likeness (QED) is 0.795. The molecule has 3 rings (SSSR count). The van der Waals surface area contributed by atoms with E-state index < -0.39 is 5.60 Å². The van der Waals surface area contributed by atoms with Crippen LogP contribution in [0.2, 0.25) is 0 Å². The SMILES string of the molecule is Cc1cc(N2C[C@@H]3CN(C(=O)OC(C)(C)C)C[C@H]3C2)ncn1. The molecule has 2 atom stereocenters. The van der Waals surface area contributed by atoms with Gasteiger partial charge in [-0.25, -0.2) is 14.8 Å². The number of carbonyl (C=O) groups is 1. The van der Waals surface area contributed by atoms with Crippen molar-refractivity contribution in [3.8, 4) is 0 Å². The summed E-state index contributed by atoms with van der Waals surface area (Å²) in [5.41, 5.74) is 0.552. The lowest BCUT2D eigenvalue weighted by molar-refractivity contribution is 0.0282. The summed E-state index contributed by atoms with van der Waals surface area (Å²) in [7, 11) is 0. The number of aromatic nitrogens is 2. The molecule has 2 fully saturated rings. The van der Waals surface area contributed by atoms with Gasteiger partial charge in [-0.1, -0.05) is 0 Å². The molecule has 1 aromatic rings. The van der Waals surface area contributed by atoms with Crippen LogP contribution in [0.3, 0.4) is 0 Å². The van der Waals surface area contributed by atoms with Crippen molar-refractivity contribution in [1.82, 2.24) is 14.9 Å². The first-order valence-corrected chi connectivity index (χ1v) is 7.83. The van der Waals surface area contributed by atoms with Gasteiger partial charge in [0.1, 0.15) is 17.7 Å². The van der Waals surface area contributed by atoms with Gasteiger partial charge in [-0.3, -0.25) is 0 Å². The Morgan fingerprint density at radius 1 is 1.18 bits per heavy atom. The number of ether oxygens (including phenoxy) is 1. The molecule has 3 heterocycles. The summed E-state index contributed by atoms with van der Waals surface area (Å²) in [6, 6.07) is 2.02. The van der Waals surface area contributed by atoms with Gasteiger partial charge in [-0.2, -0.15) is 0 Å². The summed E-state index contributed by atoms with van der Waals surface area (Å²) in [6.45, 7) is 11.1. The van der Waals surface area contributed by atoms with Crippen LogP contribution < -0.4 is 4.90 Å². The lowest BCUT2D eigenvalue weighted by Gasteiger charge is -2.26. The maximum Gasteiger partial charge on any atom is 0.410 e. The monoisotopic (exact) mass is 304 g/mol. The third-order valence-electron chi connectivity index (χ3n) is 4.25. The highest BCUT2D eigenvalue weighted by Gasteiger charge is 2.43. The highest BCUT2D eigenvalue weighted by atomic mass is 16.6. The summed E-state index contributed by atoms with van der Waals surface area (Å²) in [5, 5.41) is 0. The average molecular weight is 304 g/mol. The number of amides is 1. The van der Waals surface area contributed by atoms with Crippen LogP contribution in [0.4, 0.5) is 10.6 Å². The number of hydrogen-bond donors (Lipinski definition) is 0. The molecule has 0 radical (unpaired) electrons. The van der Waals surface area contributed by atoms with E-state index in [0.29, 0.717) is 11.8 Å². The summed E-state index contributed by atoms with van der Waals surface area (Å²) in [5.74, 6) is 2.00. The van der Waals surface area contributed by atoms with E-state index in [4.69, 9.17) is 4.74 Å². The van der Waals surface area contributed by atoms with E-state index in [1.54, 1.807) is 6.33 Å². The number of carbonyl (C=O) groups excluding carboxylic acids is 1. The molecule has 2 saturated heterocycles. The summed E-state index contributed by atoms with van der Waals surface area (Å²) in [6.07, 6.45) is 1.43. The Bertz CT molecular complexity index is 556. The predicted octanol–water partition coefficient (Wildman–Crippen LogP) is 2.09. The van der Waals surface area contributed by atoms with E-state index in [9.17, 15) is 4.79 Å². The van der Waals surface area contributed by atoms with Gasteiger partial charge in [-0.05, 0) is 27.7 Å². The largest absolute Gasteiger partial charge is 0.444 e. The van der Waals surface area contributed by atoms with Crippen molar-refractivity contribution in [3.05, 3.63) is 18.1 Å². The third kappa shape index (κ3) is 3.15. The predicted molar refractivity (Wildman–Crippen MR) is 83.8 cm³/mol. The number of fused-ring (bicyclic) bond motifs is 1. The molecular weight excluding hydrogens is 280 g/mol. The van der Waals surface area contributed by atoms with E-state index in [-0.39, 0.29) is 6.09 Å². The van der Waals surface area contributed by atoms with Crippen molar-refractivity contribution in [1.29, 1.82) is 0 Å². The molecule has 22 heavy (non-hydrogen) atoms. The molecule has 0 bridgehead atoms. The zero-order valence-electron chi connectivity index (χ0n) is 13.7. The minimum absolute atomic E-state index is 0.189. The molecule has 0 aliphatic carbocycles. The van der Waals surface area contributed by atoms with E-state index in [1.165, 1.54) is 0 Å². The van der Waals surface area contributed by atoms with Crippen LogP contribution in [0.1, 0.15) is 26.5 Å². The fraction of sp³-hybridized carbons (Fsp3) is 0.688. The number of hydrogen-bond acceptors (Lipinski definition) is 5. The molecule has 0 unspecified atom stereocenters. The molecule has 120 valence electrons. The van der Waals surface area contributed by atoms with Crippen molar-refractivity contribution >= 4 is 11.9 Å². The second-order valence-corrected chi connectivity index (χ2v) is 7.33. The van der Waals surface area contributed by atoms with Crippen molar-refractivity contribution in [2.45, 2.75) is 33.3 Å². The van der Waals surface area contributed by atoms with Crippen LogP contribution in [0, 0.1) is 18.8 Å². The molecule has 0 saturated carbocycles. The van der Waals surface area contributed by atoms with Crippen LogP contribution in [0.5, 0.6) is 0 Å². The first-order chi connectivity index (χ1) is 10.3. The molecule has 1 aromatic heterocycles. The Hall–Kier alpha value is -1.85. The molecule has 2 aliphatic heterocycles. The normalized spacial score (nSPS) is 24.5. The fourth-order valence-electron chi connectivity index (χ4n) is 3.27. The summed E-state index contributed by atoms with van der Waals surface area (Å²) >= 11 is 0. The number of nitrogens with zero attached hydrogens (tertiary/aromatic N) is 4.